The summed E-state index contributed by atoms with van der Waals surface area (Å²) in [7, 11) is 0. The third-order valence-electron chi connectivity index (χ3n) is 3.03. The van der Waals surface area contributed by atoms with Crippen molar-refractivity contribution in [2.75, 3.05) is 11.5 Å². The number of hydrogen-bond acceptors (Lipinski definition) is 3. The number of nitrogens with one attached hydrogen (secondary N) is 2. The van der Waals surface area contributed by atoms with Crippen LogP contribution in [0.5, 0.6) is 0 Å². The van der Waals surface area contributed by atoms with Gasteiger partial charge in [0, 0.05) is 11.8 Å². The fraction of sp³-hybridized carbons (Fsp3) is 0.818. The van der Waals surface area contributed by atoms with Crippen molar-refractivity contribution in [3.63, 3.8) is 0 Å². The number of carboxylic acid groups (broad SMARTS) is 1. The molecule has 3 N–H and O–H groups in total. The second-order valence-corrected chi connectivity index (χ2v) is 5.53. The highest BCUT2D eigenvalue weighted by Crippen LogP contribution is 2.17. The first-order chi connectivity index (χ1) is 8.04. The molecule has 0 radical (unpaired) electrons. The number of carbonyl (C=O) groups is 2. The molecule has 17 heavy (non-hydrogen) atoms. The van der Waals surface area contributed by atoms with E-state index >= 15 is 0 Å². The van der Waals surface area contributed by atoms with Crippen LogP contribution in [0.25, 0.3) is 0 Å². The zero-order chi connectivity index (χ0) is 12.8. The zero-order valence-corrected chi connectivity index (χ0v) is 11.0. The number of carboxylic acids is 1. The minimum atomic E-state index is -0.977. The molecule has 1 fully saturated rings. The van der Waals surface area contributed by atoms with Gasteiger partial charge in [-0.05, 0) is 18.1 Å². The van der Waals surface area contributed by atoms with E-state index in [0.717, 1.165) is 24.3 Å². The van der Waals surface area contributed by atoms with Crippen LogP contribution in [0.4, 0.5) is 4.79 Å². The molecule has 1 heterocycles. The highest BCUT2D eigenvalue weighted by atomic mass is 32.2. The zero-order valence-electron chi connectivity index (χ0n) is 10.2. The van der Waals surface area contributed by atoms with Gasteiger partial charge in [0.2, 0.25) is 0 Å². The molecular formula is C11H20N2O3S. The summed E-state index contributed by atoms with van der Waals surface area (Å²) in [6.45, 7) is 3.73. The van der Waals surface area contributed by atoms with Crippen LogP contribution in [0.15, 0.2) is 0 Å². The molecule has 1 aliphatic rings. The van der Waals surface area contributed by atoms with Crippen LogP contribution in [-0.2, 0) is 4.79 Å². The van der Waals surface area contributed by atoms with E-state index in [1.54, 1.807) is 11.8 Å². The summed E-state index contributed by atoms with van der Waals surface area (Å²) in [5, 5.41) is 14.4. The summed E-state index contributed by atoms with van der Waals surface area (Å²) in [6.07, 6.45) is 1.68. The van der Waals surface area contributed by atoms with Gasteiger partial charge in [-0.3, -0.25) is 0 Å². The van der Waals surface area contributed by atoms with E-state index in [0.29, 0.717) is 0 Å². The molecule has 1 aliphatic heterocycles. The lowest BCUT2D eigenvalue weighted by Crippen LogP contribution is -2.51. The first kappa shape index (κ1) is 14.2. The Kier molecular flexibility index (Phi) is 5.61. The number of amides is 2. The predicted octanol–water partition coefficient (Wildman–Crippen LogP) is 1.29. The molecule has 6 heteroatoms. The number of hydrogen-bond donors (Lipinski definition) is 3. The minimum absolute atomic E-state index is 0.0730. The maximum absolute atomic E-state index is 11.6. The van der Waals surface area contributed by atoms with E-state index < -0.39 is 12.0 Å². The number of carbonyl (C=O) groups excluding carboxylic acids is 1. The monoisotopic (exact) mass is 260 g/mol. The molecule has 1 unspecified atom stereocenters. The quantitative estimate of drug-likeness (QED) is 0.696. The maximum atomic E-state index is 11.6. The van der Waals surface area contributed by atoms with Gasteiger partial charge >= 0.3 is 12.0 Å². The van der Waals surface area contributed by atoms with Crippen molar-refractivity contribution in [3.05, 3.63) is 0 Å². The molecule has 1 saturated heterocycles. The fourth-order valence-corrected chi connectivity index (χ4v) is 2.85. The molecule has 98 valence electrons. The van der Waals surface area contributed by atoms with E-state index in [9.17, 15) is 9.59 Å². The molecule has 0 spiro atoms. The van der Waals surface area contributed by atoms with E-state index in [2.05, 4.69) is 10.6 Å². The lowest BCUT2D eigenvalue weighted by Gasteiger charge is -2.21. The minimum Gasteiger partial charge on any atom is -0.480 e. The molecule has 5 nitrogen and oxygen atoms in total. The molecular weight excluding hydrogens is 240 g/mol. The Hall–Kier alpha value is -0.910. The average molecular weight is 260 g/mol. The second kappa shape index (κ2) is 6.74. The Balaban J connectivity index is 2.43. The first-order valence-corrected chi connectivity index (χ1v) is 7.07. The third kappa shape index (κ3) is 4.46. The van der Waals surface area contributed by atoms with Gasteiger partial charge in [0.25, 0.3) is 0 Å². The van der Waals surface area contributed by atoms with Gasteiger partial charge in [-0.2, -0.15) is 11.8 Å². The summed E-state index contributed by atoms with van der Waals surface area (Å²) >= 11 is 1.80. The third-order valence-corrected chi connectivity index (χ3v) is 4.19. The van der Waals surface area contributed by atoms with Crippen LogP contribution >= 0.6 is 11.8 Å². The SMILES string of the molecule is CC[C@H](C)[C@H](NC(=O)NC1CCSC1)C(=O)O. The van der Waals surface area contributed by atoms with Crippen LogP contribution in [0, 0.1) is 5.92 Å². The van der Waals surface area contributed by atoms with Gasteiger partial charge in [-0.25, -0.2) is 9.59 Å². The summed E-state index contributed by atoms with van der Waals surface area (Å²) in [6, 6.07) is -1.01. The van der Waals surface area contributed by atoms with Gasteiger partial charge in [0.1, 0.15) is 6.04 Å². The Labute approximate surface area is 106 Å². The molecule has 0 saturated carbocycles. The molecule has 0 bridgehead atoms. The summed E-state index contributed by atoms with van der Waals surface area (Å²) < 4.78 is 0. The number of urea groups is 1. The van der Waals surface area contributed by atoms with E-state index in [1.807, 2.05) is 13.8 Å². The van der Waals surface area contributed by atoms with Crippen LogP contribution in [-0.4, -0.2) is 40.7 Å². The van der Waals surface area contributed by atoms with Crippen LogP contribution in [0.1, 0.15) is 26.7 Å². The Bertz CT molecular complexity index is 280. The average Bonchev–Trinajstić information content (AvgIpc) is 2.77. The first-order valence-electron chi connectivity index (χ1n) is 5.92. The van der Waals surface area contributed by atoms with Crippen LogP contribution in [0.2, 0.25) is 0 Å². The van der Waals surface area contributed by atoms with Crippen molar-refractivity contribution in [2.45, 2.75) is 38.8 Å². The summed E-state index contributed by atoms with van der Waals surface area (Å²) in [5.74, 6) is 0.916. The Morgan fingerprint density at radius 3 is 2.71 bits per heavy atom. The molecule has 0 aliphatic carbocycles. The van der Waals surface area contributed by atoms with Gasteiger partial charge in [0.15, 0.2) is 0 Å². The van der Waals surface area contributed by atoms with E-state index in [1.165, 1.54) is 0 Å². The van der Waals surface area contributed by atoms with E-state index in [-0.39, 0.29) is 18.0 Å². The lowest BCUT2D eigenvalue weighted by molar-refractivity contribution is -0.140. The highest BCUT2D eigenvalue weighted by molar-refractivity contribution is 7.99. The summed E-state index contributed by atoms with van der Waals surface area (Å²) in [4.78, 5) is 22.7. The van der Waals surface area contributed by atoms with E-state index in [4.69, 9.17) is 5.11 Å². The normalized spacial score (nSPS) is 22.8. The van der Waals surface area contributed by atoms with Gasteiger partial charge in [0.05, 0.1) is 0 Å². The van der Waals surface area contributed by atoms with Crippen molar-refractivity contribution in [3.8, 4) is 0 Å². The van der Waals surface area contributed by atoms with Crippen molar-refractivity contribution in [1.29, 1.82) is 0 Å². The molecule has 0 aromatic carbocycles. The van der Waals surface area contributed by atoms with Crippen molar-refractivity contribution in [1.82, 2.24) is 10.6 Å². The van der Waals surface area contributed by atoms with Crippen LogP contribution in [0.3, 0.4) is 0 Å². The van der Waals surface area contributed by atoms with Crippen LogP contribution < -0.4 is 10.6 Å². The van der Waals surface area contributed by atoms with Gasteiger partial charge in [-0.15, -0.1) is 0 Å². The molecule has 2 amide bonds. The second-order valence-electron chi connectivity index (χ2n) is 4.38. The smallest absolute Gasteiger partial charge is 0.326 e. The summed E-state index contributed by atoms with van der Waals surface area (Å²) in [5.41, 5.74) is 0. The Morgan fingerprint density at radius 2 is 2.24 bits per heavy atom. The largest absolute Gasteiger partial charge is 0.480 e. The molecule has 1 rings (SSSR count). The van der Waals surface area contributed by atoms with Crippen molar-refractivity contribution in [2.24, 2.45) is 5.92 Å². The van der Waals surface area contributed by atoms with Gasteiger partial charge < -0.3 is 15.7 Å². The molecule has 0 aromatic heterocycles. The molecule has 3 atom stereocenters. The lowest BCUT2D eigenvalue weighted by atomic mass is 9.99. The van der Waals surface area contributed by atoms with Gasteiger partial charge in [-0.1, -0.05) is 20.3 Å². The predicted molar refractivity (Wildman–Crippen MR) is 68.3 cm³/mol. The number of thioether (sulfide) groups is 1. The van der Waals surface area contributed by atoms with Crippen molar-refractivity contribution >= 4 is 23.8 Å². The molecule has 0 aromatic rings. The Morgan fingerprint density at radius 1 is 1.53 bits per heavy atom. The maximum Gasteiger partial charge on any atom is 0.326 e. The standard InChI is InChI=1S/C11H20N2O3S/c1-3-7(2)9(10(14)15)13-11(16)12-8-4-5-17-6-8/h7-9H,3-6H2,1-2H3,(H,14,15)(H2,12,13,16)/t7-,8?,9-/m0/s1. The topological polar surface area (TPSA) is 78.4 Å². The number of rotatable bonds is 5. The number of aliphatic carboxylic acids is 1. The highest BCUT2D eigenvalue weighted by Gasteiger charge is 2.26. The fourth-order valence-electron chi connectivity index (χ4n) is 1.70. The van der Waals surface area contributed by atoms with Crippen molar-refractivity contribution < 1.29 is 14.7 Å².